The molecule has 2 N–H and O–H groups in total. The molecule has 1 aromatic carbocycles. The Bertz CT molecular complexity index is 1170. The molecule has 4 rings (SSSR count). The summed E-state index contributed by atoms with van der Waals surface area (Å²) in [6, 6.07) is 6.37. The molecule has 0 aliphatic carbocycles. The first-order valence-electron chi connectivity index (χ1n) is 9.82. The van der Waals surface area contributed by atoms with E-state index in [-0.39, 0.29) is 7.33 Å². The van der Waals surface area contributed by atoms with Crippen molar-refractivity contribution in [2.45, 2.75) is 32.0 Å². The van der Waals surface area contributed by atoms with Crippen LogP contribution in [0.2, 0.25) is 0 Å². The molecule has 8 nitrogen and oxygen atoms in total. The minimum atomic E-state index is -4.46. The predicted octanol–water partition coefficient (Wildman–Crippen LogP) is 3.61. The van der Waals surface area contributed by atoms with Crippen molar-refractivity contribution in [3.8, 4) is 11.4 Å². The number of aromatic nitrogens is 3. The number of anilines is 2. The highest BCUT2D eigenvalue weighted by molar-refractivity contribution is 7.22. The summed E-state index contributed by atoms with van der Waals surface area (Å²) in [5, 5.41) is 5.11. The second-order valence-electron chi connectivity index (χ2n) is 7.31. The first-order valence-corrected chi connectivity index (χ1v) is 10.6. The maximum absolute atomic E-state index is 12.5. The number of halogens is 3. The summed E-state index contributed by atoms with van der Waals surface area (Å²) >= 11 is 1.32. The number of thiazole rings is 1. The van der Waals surface area contributed by atoms with Gasteiger partial charge in [-0.2, -0.15) is 13.2 Å². The van der Waals surface area contributed by atoms with Gasteiger partial charge >= 0.3 is 6.18 Å². The van der Waals surface area contributed by atoms with Gasteiger partial charge in [-0.25, -0.2) is 15.0 Å². The van der Waals surface area contributed by atoms with Crippen molar-refractivity contribution in [2.75, 3.05) is 23.3 Å². The Hall–Kier alpha value is -3.28. The third kappa shape index (κ3) is 4.96. The number of hydrogen-bond acceptors (Lipinski definition) is 7. The largest absolute Gasteiger partial charge is 0.405 e. The van der Waals surface area contributed by atoms with E-state index >= 15 is 0 Å². The Morgan fingerprint density at radius 3 is 2.84 bits per heavy atom. The lowest BCUT2D eigenvalue weighted by Gasteiger charge is -2.25. The van der Waals surface area contributed by atoms with Crippen LogP contribution in [0.1, 0.15) is 21.2 Å². The molecule has 0 radical (unpaired) electrons. The van der Waals surface area contributed by atoms with Crippen LogP contribution in [0.3, 0.4) is 0 Å². The molecule has 1 aliphatic heterocycles. The van der Waals surface area contributed by atoms with E-state index in [1.165, 1.54) is 18.3 Å². The zero-order chi connectivity index (χ0) is 22.9. The van der Waals surface area contributed by atoms with Crippen LogP contribution in [0.5, 0.6) is 0 Å². The number of carbonyl (C=O) groups excluding carboxylic acids is 2. The molecule has 0 spiro atoms. The van der Waals surface area contributed by atoms with Crippen LogP contribution >= 0.6 is 11.3 Å². The maximum Gasteiger partial charge on any atom is 0.405 e. The zero-order valence-corrected chi connectivity index (χ0v) is 17.8. The van der Waals surface area contributed by atoms with Crippen LogP contribution in [0.4, 0.5) is 24.1 Å². The van der Waals surface area contributed by atoms with Gasteiger partial charge < -0.3 is 15.5 Å². The van der Waals surface area contributed by atoms with Gasteiger partial charge in [0.25, 0.3) is 0 Å². The second-order valence-corrected chi connectivity index (χ2v) is 8.34. The minimum Gasteiger partial charge on any atom is -0.345 e. The van der Waals surface area contributed by atoms with E-state index in [4.69, 9.17) is 0 Å². The first-order chi connectivity index (χ1) is 15.2. The number of nitrogens with zero attached hydrogens (tertiary/aromatic N) is 4. The average molecular weight is 466 g/mol. The van der Waals surface area contributed by atoms with Crippen LogP contribution in [-0.2, 0) is 9.59 Å². The van der Waals surface area contributed by atoms with Crippen molar-refractivity contribution in [1.29, 1.82) is 0 Å². The van der Waals surface area contributed by atoms with E-state index < -0.39 is 24.7 Å². The molecule has 32 heavy (non-hydrogen) atoms. The van der Waals surface area contributed by atoms with Gasteiger partial charge in [0, 0.05) is 26.7 Å². The Balaban J connectivity index is 0.00000306. The Kier molecular flexibility index (Phi) is 5.96. The van der Waals surface area contributed by atoms with E-state index in [0.717, 1.165) is 15.8 Å². The summed E-state index contributed by atoms with van der Waals surface area (Å²) in [4.78, 5) is 38.5. The van der Waals surface area contributed by atoms with Crippen molar-refractivity contribution in [3.05, 3.63) is 30.5 Å². The molecular weight excluding hydrogens is 445 g/mol. The van der Waals surface area contributed by atoms with Gasteiger partial charge in [0.1, 0.15) is 18.4 Å². The second kappa shape index (κ2) is 8.69. The van der Waals surface area contributed by atoms with E-state index in [9.17, 15) is 22.8 Å². The Labute approximate surface area is 186 Å². The fourth-order valence-corrected chi connectivity index (χ4v) is 4.49. The van der Waals surface area contributed by atoms with Crippen LogP contribution in [0.25, 0.3) is 21.6 Å². The molecule has 0 unspecified atom stereocenters. The highest BCUT2D eigenvalue weighted by Gasteiger charge is 2.34. The van der Waals surface area contributed by atoms with Gasteiger partial charge in [0.2, 0.25) is 11.8 Å². The van der Waals surface area contributed by atoms with Gasteiger partial charge in [-0.1, -0.05) is 11.3 Å². The summed E-state index contributed by atoms with van der Waals surface area (Å²) in [7, 11) is 0. The molecule has 0 bridgehead atoms. The number of fused-ring (bicyclic) bond motifs is 1. The molecule has 1 atom stereocenters. The van der Waals surface area contributed by atoms with E-state index in [2.05, 4.69) is 20.3 Å². The van der Waals surface area contributed by atoms with E-state index in [0.29, 0.717) is 36.2 Å². The molecule has 1 aliphatic rings. The van der Waals surface area contributed by atoms with Crippen LogP contribution in [0, 0.1) is 0 Å². The highest BCUT2D eigenvalue weighted by Crippen LogP contribution is 2.31. The summed E-state index contributed by atoms with van der Waals surface area (Å²) in [6.07, 6.45) is -1.79. The van der Waals surface area contributed by atoms with Gasteiger partial charge in [-0.15, -0.1) is 0 Å². The van der Waals surface area contributed by atoms with Crippen LogP contribution < -0.4 is 15.5 Å². The Morgan fingerprint density at radius 2 is 2.09 bits per heavy atom. The molecule has 3 aromatic rings. The lowest BCUT2D eigenvalue weighted by molar-refractivity contribution is -0.139. The van der Waals surface area contributed by atoms with Crippen LogP contribution in [-0.4, -0.2) is 52.1 Å². The molecule has 1 fully saturated rings. The number of rotatable bonds is 5. The number of carbonyl (C=O) groups is 2. The monoisotopic (exact) mass is 466 g/mol. The van der Waals surface area contributed by atoms with Crippen molar-refractivity contribution in [3.63, 3.8) is 0 Å². The standard InChI is InChI=1S/C20H19F3N6O2S.H2/c1-11(30)26-19-27-13-5-4-12(9-15(13)32-19)17-24-7-6-16(28-17)29-8-2-3-14(29)18(31)25-10-20(21,22)23;/h4-7,9,14H,2-3,8,10H2,1H3,(H,25,31)(H,26,27,30);1H/t14-;/m1./s1. The summed E-state index contributed by atoms with van der Waals surface area (Å²) in [6.45, 7) is 0.556. The highest BCUT2D eigenvalue weighted by atomic mass is 32.1. The van der Waals surface area contributed by atoms with Crippen molar-refractivity contribution in [2.24, 2.45) is 0 Å². The van der Waals surface area contributed by atoms with E-state index in [1.807, 2.05) is 11.4 Å². The summed E-state index contributed by atoms with van der Waals surface area (Å²) < 4.78 is 38.2. The SMILES string of the molecule is CC(=O)Nc1nc2ccc(-c3nccc(N4CCC[C@@H]4C(=O)NCC(F)(F)F)n3)cc2s1.[HH]. The zero-order valence-electron chi connectivity index (χ0n) is 16.9. The average Bonchev–Trinajstić information content (AvgIpc) is 3.37. The fraction of sp³-hybridized carbons (Fsp3) is 0.350. The molecule has 1 saturated heterocycles. The molecule has 2 aromatic heterocycles. The van der Waals surface area contributed by atoms with Crippen molar-refractivity contribution >= 4 is 44.3 Å². The molecule has 2 amide bonds. The lowest BCUT2D eigenvalue weighted by atomic mass is 10.2. The molecule has 0 saturated carbocycles. The quantitative estimate of drug-likeness (QED) is 0.596. The molecular formula is C20H21F3N6O2S. The summed E-state index contributed by atoms with van der Waals surface area (Å²) in [5.74, 6) is 0.0135. The Morgan fingerprint density at radius 1 is 1.28 bits per heavy atom. The third-order valence-corrected chi connectivity index (χ3v) is 5.82. The van der Waals surface area contributed by atoms with Gasteiger partial charge in [-0.05, 0) is 37.1 Å². The molecule has 170 valence electrons. The van der Waals surface area contributed by atoms with E-state index in [1.54, 1.807) is 29.3 Å². The number of nitrogens with one attached hydrogen (secondary N) is 2. The first kappa shape index (κ1) is 21.9. The number of benzene rings is 1. The molecule has 3 heterocycles. The lowest BCUT2D eigenvalue weighted by Crippen LogP contribution is -2.46. The van der Waals surface area contributed by atoms with Gasteiger partial charge in [0.05, 0.1) is 10.2 Å². The van der Waals surface area contributed by atoms with Crippen LogP contribution in [0.15, 0.2) is 30.5 Å². The number of amides is 2. The predicted molar refractivity (Wildman–Crippen MR) is 116 cm³/mol. The topological polar surface area (TPSA) is 100 Å². The van der Waals surface area contributed by atoms with Gasteiger partial charge in [-0.3, -0.25) is 9.59 Å². The summed E-state index contributed by atoms with van der Waals surface area (Å²) in [5.41, 5.74) is 1.44. The normalized spacial score (nSPS) is 16.4. The fourth-order valence-electron chi connectivity index (χ4n) is 3.53. The number of hydrogen-bond donors (Lipinski definition) is 2. The maximum atomic E-state index is 12.5. The van der Waals surface area contributed by atoms with Gasteiger partial charge in [0.15, 0.2) is 11.0 Å². The number of alkyl halides is 3. The molecule has 12 heteroatoms. The van der Waals surface area contributed by atoms with Crippen molar-refractivity contribution in [1.82, 2.24) is 20.3 Å². The minimum absolute atomic E-state index is 0. The van der Waals surface area contributed by atoms with Crippen molar-refractivity contribution < 1.29 is 24.2 Å². The smallest absolute Gasteiger partial charge is 0.345 e. The third-order valence-electron chi connectivity index (χ3n) is 4.88.